The Hall–Kier alpha value is -1.57. The first-order valence-electron chi connectivity index (χ1n) is 7.97. The van der Waals surface area contributed by atoms with Gasteiger partial charge in [-0.05, 0) is 0 Å². The van der Waals surface area contributed by atoms with E-state index in [-0.39, 0.29) is 36.8 Å². The van der Waals surface area contributed by atoms with E-state index in [1.165, 1.54) is 10.0 Å². The van der Waals surface area contributed by atoms with Crippen LogP contribution in [-0.4, -0.2) is 31.3 Å². The monoisotopic (exact) mass is 373 g/mol. The number of hydrogen-bond donors (Lipinski definition) is 0. The van der Waals surface area contributed by atoms with Gasteiger partial charge in [-0.2, -0.15) is 0 Å². The third kappa shape index (κ3) is 2.84. The Morgan fingerprint density at radius 3 is 2.00 bits per heavy atom. The number of likely N-dealkylation sites (tertiary alicyclic amines) is 1. The van der Waals surface area contributed by atoms with Crippen molar-refractivity contribution >= 4 is 25.3 Å². The maximum absolute atomic E-state index is 13.1. The van der Waals surface area contributed by atoms with Gasteiger partial charge in [-0.3, -0.25) is 0 Å². The summed E-state index contributed by atoms with van der Waals surface area (Å²) in [5, 5.41) is 0. The Balaban J connectivity index is 2.00. The first kappa shape index (κ1) is 16.3. The average molecular weight is 372 g/mol. The normalized spacial score (nSPS) is 24.4. The van der Waals surface area contributed by atoms with Crippen molar-refractivity contribution in [3.05, 3.63) is 66.2 Å². The van der Waals surface area contributed by atoms with E-state index >= 15 is 0 Å². The molecule has 23 heavy (non-hydrogen) atoms. The van der Waals surface area contributed by atoms with Gasteiger partial charge >= 0.3 is 145 Å². The summed E-state index contributed by atoms with van der Waals surface area (Å²) in [6, 6.07) is 21.0. The molecule has 3 rings (SSSR count). The summed E-state index contributed by atoms with van der Waals surface area (Å²) in [6.45, 7) is 8.50. The van der Waals surface area contributed by atoms with E-state index in [1.54, 1.807) is 0 Å². The summed E-state index contributed by atoms with van der Waals surface area (Å²) in [5.41, 5.74) is 1.08. The van der Waals surface area contributed by atoms with Crippen molar-refractivity contribution in [2.45, 2.75) is 43.6 Å². The third-order valence-electron chi connectivity index (χ3n) is 4.33. The minimum absolute atomic E-state index is 0.105. The molecule has 1 fully saturated rings. The van der Waals surface area contributed by atoms with Crippen molar-refractivity contribution in [2.24, 2.45) is 0 Å². The SMILES string of the molecule is CC(C)(C)N1C(=O)[C@@](C)([Se]c2ccccc2)[C@@H]1c1ccccc1. The van der Waals surface area contributed by atoms with Crippen LogP contribution in [0, 0.1) is 0 Å². The van der Waals surface area contributed by atoms with Crippen molar-refractivity contribution < 1.29 is 4.79 Å². The predicted octanol–water partition coefficient (Wildman–Crippen LogP) is 3.58. The van der Waals surface area contributed by atoms with Crippen molar-refractivity contribution in [1.29, 1.82) is 0 Å². The van der Waals surface area contributed by atoms with Crippen LogP contribution < -0.4 is 4.46 Å². The van der Waals surface area contributed by atoms with Crippen LogP contribution in [0.25, 0.3) is 0 Å². The summed E-state index contributed by atoms with van der Waals surface area (Å²) in [7, 11) is 0. The van der Waals surface area contributed by atoms with Gasteiger partial charge < -0.3 is 0 Å². The minimum atomic E-state index is -0.316. The zero-order chi connectivity index (χ0) is 16.7. The Morgan fingerprint density at radius 1 is 0.957 bits per heavy atom. The van der Waals surface area contributed by atoms with E-state index in [4.69, 9.17) is 0 Å². The van der Waals surface area contributed by atoms with Gasteiger partial charge in [0.15, 0.2) is 0 Å². The van der Waals surface area contributed by atoms with Gasteiger partial charge in [0.05, 0.1) is 0 Å². The molecule has 2 aromatic carbocycles. The molecule has 2 nitrogen and oxygen atoms in total. The molecule has 1 aliphatic rings. The predicted molar refractivity (Wildman–Crippen MR) is 96.0 cm³/mol. The molecular formula is C20H23NOSe. The standard InChI is InChI=1S/C20H23NOSe/c1-19(2,3)21-17(15-11-7-5-8-12-15)20(4,18(21)22)23-16-13-9-6-10-14-16/h5-14,17H,1-4H3/t17-,20-/m0/s1. The number of nitrogens with zero attached hydrogens (tertiary/aromatic N) is 1. The van der Waals surface area contributed by atoms with E-state index in [0.29, 0.717) is 0 Å². The molecule has 0 spiro atoms. The first-order chi connectivity index (χ1) is 10.8. The fourth-order valence-corrected chi connectivity index (χ4v) is 6.05. The molecule has 3 heteroatoms. The van der Waals surface area contributed by atoms with Crippen molar-refractivity contribution in [3.63, 3.8) is 0 Å². The van der Waals surface area contributed by atoms with Crippen LogP contribution in [0.4, 0.5) is 0 Å². The fourth-order valence-electron chi connectivity index (χ4n) is 3.28. The summed E-state index contributed by atoms with van der Waals surface area (Å²) >= 11 is 0.105. The van der Waals surface area contributed by atoms with Crippen LogP contribution in [0.1, 0.15) is 39.3 Å². The topological polar surface area (TPSA) is 20.3 Å². The molecule has 0 saturated carbocycles. The van der Waals surface area contributed by atoms with E-state index in [0.717, 1.165) is 0 Å². The number of amides is 1. The zero-order valence-corrected chi connectivity index (χ0v) is 15.8. The molecule has 120 valence electrons. The molecular weight excluding hydrogens is 349 g/mol. The second kappa shape index (κ2) is 5.81. The summed E-state index contributed by atoms with van der Waals surface area (Å²) in [6.07, 6.45) is 0. The van der Waals surface area contributed by atoms with Crippen LogP contribution in [0.3, 0.4) is 0 Å². The Labute approximate surface area is 145 Å². The fraction of sp³-hybridized carbons (Fsp3) is 0.350. The quantitative estimate of drug-likeness (QED) is 0.596. The molecule has 1 heterocycles. The van der Waals surface area contributed by atoms with Crippen molar-refractivity contribution in [1.82, 2.24) is 4.90 Å². The van der Waals surface area contributed by atoms with Crippen LogP contribution in [0.5, 0.6) is 0 Å². The van der Waals surface area contributed by atoms with Crippen molar-refractivity contribution in [2.75, 3.05) is 0 Å². The molecule has 1 aliphatic heterocycles. The molecule has 0 aliphatic carbocycles. The van der Waals surface area contributed by atoms with Crippen LogP contribution in [-0.2, 0) is 4.79 Å². The summed E-state index contributed by atoms with van der Waals surface area (Å²) < 4.78 is 0.966. The number of hydrogen-bond acceptors (Lipinski definition) is 1. The molecule has 1 saturated heterocycles. The number of β-lactam (4-membered cyclic amide) rings is 1. The molecule has 0 bridgehead atoms. The molecule has 0 unspecified atom stereocenters. The Bertz CT molecular complexity index is 693. The zero-order valence-electron chi connectivity index (χ0n) is 14.1. The second-order valence-electron chi connectivity index (χ2n) is 7.18. The summed E-state index contributed by atoms with van der Waals surface area (Å²) in [5.74, 6) is 0.280. The third-order valence-corrected chi connectivity index (χ3v) is 7.12. The van der Waals surface area contributed by atoms with E-state index < -0.39 is 0 Å². The van der Waals surface area contributed by atoms with Gasteiger partial charge in [-0.25, -0.2) is 0 Å². The van der Waals surface area contributed by atoms with Gasteiger partial charge in [0.1, 0.15) is 0 Å². The summed E-state index contributed by atoms with van der Waals surface area (Å²) in [4.78, 5) is 15.1. The number of benzene rings is 2. The molecule has 0 aromatic heterocycles. The number of carbonyl (C=O) groups excluding carboxylic acids is 1. The van der Waals surface area contributed by atoms with Gasteiger partial charge in [-0.1, -0.05) is 0 Å². The Kier molecular flexibility index (Phi) is 4.12. The van der Waals surface area contributed by atoms with E-state index in [2.05, 4.69) is 81.1 Å². The number of carbonyl (C=O) groups is 1. The van der Waals surface area contributed by atoms with Crippen LogP contribution in [0.15, 0.2) is 60.7 Å². The number of rotatable bonds is 3. The van der Waals surface area contributed by atoms with E-state index in [9.17, 15) is 4.79 Å². The molecule has 1 amide bonds. The molecule has 2 aromatic rings. The second-order valence-corrected chi connectivity index (χ2v) is 10.4. The average Bonchev–Trinajstić information content (AvgIpc) is 2.52. The molecule has 2 atom stereocenters. The van der Waals surface area contributed by atoms with Gasteiger partial charge in [0.2, 0.25) is 0 Å². The van der Waals surface area contributed by atoms with Gasteiger partial charge in [-0.15, -0.1) is 0 Å². The first-order valence-corrected chi connectivity index (χ1v) is 9.68. The van der Waals surface area contributed by atoms with E-state index in [1.807, 2.05) is 12.1 Å². The Morgan fingerprint density at radius 2 is 1.48 bits per heavy atom. The van der Waals surface area contributed by atoms with Gasteiger partial charge in [0.25, 0.3) is 0 Å². The van der Waals surface area contributed by atoms with Crippen LogP contribution in [0.2, 0.25) is 4.31 Å². The van der Waals surface area contributed by atoms with Gasteiger partial charge in [0, 0.05) is 0 Å². The van der Waals surface area contributed by atoms with Crippen molar-refractivity contribution in [3.8, 4) is 0 Å². The maximum atomic E-state index is 13.1. The van der Waals surface area contributed by atoms with Crippen LogP contribution >= 0.6 is 0 Å². The molecule has 0 radical (unpaired) electrons. The molecule has 0 N–H and O–H groups in total.